The number of aliphatic carboxylic acids is 1. The first kappa shape index (κ1) is 24.4. The van der Waals surface area contributed by atoms with E-state index in [2.05, 4.69) is 6.92 Å². The Hall–Kier alpha value is -0.650. The summed E-state index contributed by atoms with van der Waals surface area (Å²) in [7, 11) is 0. The van der Waals surface area contributed by atoms with Crippen LogP contribution < -0.4 is 0 Å². The van der Waals surface area contributed by atoms with E-state index < -0.39 is 11.7 Å². The second-order valence-corrected chi connectivity index (χ2v) is 8.85. The van der Waals surface area contributed by atoms with Gasteiger partial charge in [0.25, 0.3) is 0 Å². The first-order valence-electron chi connectivity index (χ1n) is 11.2. The number of nitrogens with zero attached hydrogens (tertiary/aromatic N) is 1. The van der Waals surface area contributed by atoms with E-state index in [1.54, 1.807) is 0 Å². The van der Waals surface area contributed by atoms with E-state index >= 15 is 0 Å². The van der Waals surface area contributed by atoms with E-state index in [1.807, 2.05) is 13.8 Å². The summed E-state index contributed by atoms with van der Waals surface area (Å²) in [5.74, 6) is -0.673. The van der Waals surface area contributed by atoms with Gasteiger partial charge in [-0.2, -0.15) is 5.06 Å². The zero-order valence-electron chi connectivity index (χ0n) is 18.0. The molecule has 1 heterocycles. The fraction of sp³-hybridized carbons (Fsp3) is 0.955. The van der Waals surface area contributed by atoms with Crippen molar-refractivity contribution in [2.45, 2.75) is 128 Å². The van der Waals surface area contributed by atoms with Gasteiger partial charge in [0, 0.05) is 6.42 Å². The lowest BCUT2D eigenvalue weighted by molar-refractivity contribution is -0.254. The minimum atomic E-state index is -0.673. The second-order valence-electron chi connectivity index (χ2n) is 8.85. The maximum atomic E-state index is 10.5. The second kappa shape index (κ2) is 12.7. The summed E-state index contributed by atoms with van der Waals surface area (Å²) >= 11 is 0. The topological polar surface area (TPSA) is 70.0 Å². The molecule has 0 aromatic heterocycles. The Morgan fingerprint density at radius 3 is 1.70 bits per heavy atom. The number of carboxylic acids is 1. The van der Waals surface area contributed by atoms with Gasteiger partial charge >= 0.3 is 5.97 Å². The van der Waals surface area contributed by atoms with Crippen molar-refractivity contribution in [2.24, 2.45) is 0 Å². The number of rotatable bonds is 16. The van der Waals surface area contributed by atoms with Gasteiger partial charge in [0.1, 0.15) is 5.72 Å². The van der Waals surface area contributed by atoms with Crippen molar-refractivity contribution < 1.29 is 19.8 Å². The summed E-state index contributed by atoms with van der Waals surface area (Å²) < 4.78 is 5.98. The Kier molecular flexibility index (Phi) is 11.5. The quantitative estimate of drug-likeness (QED) is 0.312. The lowest BCUT2D eigenvalue weighted by Gasteiger charge is -2.36. The van der Waals surface area contributed by atoms with Gasteiger partial charge in [-0.15, -0.1) is 0 Å². The molecule has 2 N–H and O–H groups in total. The minimum Gasteiger partial charge on any atom is -0.481 e. The standard InChI is InChI=1S/C22H43NO4/c1-4-22(23(26)21(2,3)19-27-22)18-16-14-12-10-8-6-5-7-9-11-13-15-17-20(24)25/h26H,4-19H2,1-3H3,(H,24,25)/t22-/m0/s1. The minimum absolute atomic E-state index is 0.285. The largest absolute Gasteiger partial charge is 0.481 e. The van der Waals surface area contributed by atoms with Gasteiger partial charge in [-0.1, -0.05) is 71.1 Å². The van der Waals surface area contributed by atoms with Crippen molar-refractivity contribution >= 4 is 5.97 Å². The number of carboxylic acid groups (broad SMARTS) is 1. The summed E-state index contributed by atoms with van der Waals surface area (Å²) in [6, 6.07) is 0. The Bertz CT molecular complexity index is 413. The highest BCUT2D eigenvalue weighted by Crippen LogP contribution is 2.39. The third-order valence-corrected chi connectivity index (χ3v) is 5.91. The van der Waals surface area contributed by atoms with Gasteiger partial charge < -0.3 is 15.1 Å². The molecule has 0 bridgehead atoms. The van der Waals surface area contributed by atoms with Crippen molar-refractivity contribution in [3.63, 3.8) is 0 Å². The van der Waals surface area contributed by atoms with Crippen LogP contribution >= 0.6 is 0 Å². The molecule has 0 aromatic rings. The van der Waals surface area contributed by atoms with Crippen LogP contribution in [-0.2, 0) is 9.53 Å². The van der Waals surface area contributed by atoms with Gasteiger partial charge in [0.05, 0.1) is 12.1 Å². The van der Waals surface area contributed by atoms with Crippen molar-refractivity contribution in [1.82, 2.24) is 5.06 Å². The molecular formula is C22H43NO4. The van der Waals surface area contributed by atoms with Crippen LogP contribution in [0.15, 0.2) is 0 Å². The molecule has 1 fully saturated rings. The predicted octanol–water partition coefficient (Wildman–Crippen LogP) is 6.14. The first-order chi connectivity index (χ1) is 12.8. The summed E-state index contributed by atoms with van der Waals surface area (Å²) in [5.41, 5.74) is -0.764. The molecular weight excluding hydrogens is 342 g/mol. The van der Waals surface area contributed by atoms with E-state index in [0.29, 0.717) is 13.0 Å². The fourth-order valence-corrected chi connectivity index (χ4v) is 4.04. The number of hydrogen-bond donors (Lipinski definition) is 2. The third-order valence-electron chi connectivity index (χ3n) is 5.91. The zero-order valence-corrected chi connectivity index (χ0v) is 18.0. The van der Waals surface area contributed by atoms with Crippen LogP contribution in [-0.4, -0.2) is 39.2 Å². The van der Waals surface area contributed by atoms with Crippen LogP contribution in [0, 0.1) is 0 Å². The molecule has 5 heteroatoms. The fourth-order valence-electron chi connectivity index (χ4n) is 4.04. The molecule has 1 aliphatic heterocycles. The van der Waals surface area contributed by atoms with Crippen LogP contribution in [0.4, 0.5) is 0 Å². The predicted molar refractivity (Wildman–Crippen MR) is 109 cm³/mol. The van der Waals surface area contributed by atoms with Crippen molar-refractivity contribution in [1.29, 1.82) is 0 Å². The molecule has 0 saturated carbocycles. The van der Waals surface area contributed by atoms with Crippen molar-refractivity contribution in [3.8, 4) is 0 Å². The SMILES string of the molecule is CC[C@@]1(CCCCCCCCCCCCCCC(=O)O)OCC(C)(C)N1O. The molecule has 5 nitrogen and oxygen atoms in total. The number of hydroxylamine groups is 2. The molecule has 1 atom stereocenters. The smallest absolute Gasteiger partial charge is 0.303 e. The lowest BCUT2D eigenvalue weighted by Crippen LogP contribution is -2.49. The average Bonchev–Trinajstić information content (AvgIpc) is 2.86. The third kappa shape index (κ3) is 8.93. The number of hydrogen-bond acceptors (Lipinski definition) is 4. The highest BCUT2D eigenvalue weighted by molar-refractivity contribution is 5.66. The maximum absolute atomic E-state index is 10.5. The molecule has 0 amide bonds. The molecule has 0 spiro atoms. The van der Waals surface area contributed by atoms with Crippen LogP contribution in [0.3, 0.4) is 0 Å². The van der Waals surface area contributed by atoms with E-state index in [9.17, 15) is 10.0 Å². The zero-order chi connectivity index (χ0) is 20.2. The Labute approximate surface area is 166 Å². The van der Waals surface area contributed by atoms with Crippen LogP contribution in [0.2, 0.25) is 0 Å². The van der Waals surface area contributed by atoms with E-state index in [-0.39, 0.29) is 5.54 Å². The molecule has 1 saturated heterocycles. The highest BCUT2D eigenvalue weighted by atomic mass is 16.6. The average molecular weight is 386 g/mol. The Balaban J connectivity index is 1.93. The van der Waals surface area contributed by atoms with E-state index in [4.69, 9.17) is 9.84 Å². The molecule has 27 heavy (non-hydrogen) atoms. The number of carbonyl (C=O) groups is 1. The number of unbranched alkanes of at least 4 members (excludes halogenated alkanes) is 11. The molecule has 0 aromatic carbocycles. The lowest BCUT2D eigenvalue weighted by atomic mass is 9.98. The van der Waals surface area contributed by atoms with E-state index in [0.717, 1.165) is 32.1 Å². The van der Waals surface area contributed by atoms with Crippen LogP contribution in [0.25, 0.3) is 0 Å². The summed E-state index contributed by atoms with van der Waals surface area (Å²) in [6.07, 6.45) is 16.4. The number of ether oxygens (including phenoxy) is 1. The molecule has 1 rings (SSSR count). The van der Waals surface area contributed by atoms with Gasteiger partial charge in [0.15, 0.2) is 0 Å². The molecule has 0 aliphatic carbocycles. The molecule has 0 unspecified atom stereocenters. The van der Waals surface area contributed by atoms with Crippen molar-refractivity contribution in [3.05, 3.63) is 0 Å². The van der Waals surface area contributed by atoms with Gasteiger partial charge in [0.2, 0.25) is 0 Å². The van der Waals surface area contributed by atoms with Crippen LogP contribution in [0.5, 0.6) is 0 Å². The monoisotopic (exact) mass is 385 g/mol. The normalized spacial score (nSPS) is 22.4. The Morgan fingerprint density at radius 2 is 1.33 bits per heavy atom. The van der Waals surface area contributed by atoms with Crippen molar-refractivity contribution in [2.75, 3.05) is 6.61 Å². The first-order valence-corrected chi connectivity index (χ1v) is 11.2. The summed E-state index contributed by atoms with van der Waals surface area (Å²) in [4.78, 5) is 10.4. The highest BCUT2D eigenvalue weighted by Gasteiger charge is 2.49. The molecule has 160 valence electrons. The summed E-state index contributed by atoms with van der Waals surface area (Å²) in [5, 5.41) is 20.5. The Morgan fingerprint density at radius 1 is 0.889 bits per heavy atom. The molecule has 0 radical (unpaired) electrons. The van der Waals surface area contributed by atoms with Gasteiger partial charge in [-0.25, -0.2) is 0 Å². The van der Waals surface area contributed by atoms with Crippen LogP contribution in [0.1, 0.15) is 117 Å². The van der Waals surface area contributed by atoms with Gasteiger partial charge in [-0.3, -0.25) is 4.79 Å². The van der Waals surface area contributed by atoms with E-state index in [1.165, 1.54) is 62.9 Å². The van der Waals surface area contributed by atoms with Gasteiger partial charge in [-0.05, 0) is 39.5 Å². The maximum Gasteiger partial charge on any atom is 0.303 e. The molecule has 1 aliphatic rings. The summed E-state index contributed by atoms with van der Waals surface area (Å²) in [6.45, 7) is 6.74.